The molecule has 7 heteroatoms. The summed E-state index contributed by atoms with van der Waals surface area (Å²) in [6.45, 7) is 3.87. The monoisotopic (exact) mass is 339 g/mol. The number of carbonyl (C=O) groups is 2. The SMILES string of the molecule is CCO[C@H](C)C(=O)NCc1c(C(=O)OC)sc2cccc(F)c12. The Morgan fingerprint density at radius 1 is 1.39 bits per heavy atom. The van der Waals surface area contributed by atoms with Gasteiger partial charge in [-0.3, -0.25) is 4.79 Å². The van der Waals surface area contributed by atoms with Gasteiger partial charge in [-0.15, -0.1) is 11.3 Å². The van der Waals surface area contributed by atoms with Crippen molar-refractivity contribution >= 4 is 33.3 Å². The summed E-state index contributed by atoms with van der Waals surface area (Å²) >= 11 is 1.14. The van der Waals surface area contributed by atoms with Gasteiger partial charge >= 0.3 is 5.97 Å². The third-order valence-electron chi connectivity index (χ3n) is 3.36. The minimum Gasteiger partial charge on any atom is -0.465 e. The quantitative estimate of drug-likeness (QED) is 0.822. The molecule has 23 heavy (non-hydrogen) atoms. The molecule has 1 atom stereocenters. The Hall–Kier alpha value is -1.99. The predicted molar refractivity (Wildman–Crippen MR) is 86.1 cm³/mol. The first-order valence-corrected chi connectivity index (χ1v) is 7.98. The maximum atomic E-state index is 14.1. The Morgan fingerprint density at radius 3 is 2.78 bits per heavy atom. The molecule has 0 spiro atoms. The van der Waals surface area contributed by atoms with Crippen LogP contribution in [-0.2, 0) is 20.8 Å². The zero-order valence-electron chi connectivity index (χ0n) is 13.1. The third-order valence-corrected chi connectivity index (χ3v) is 4.54. The maximum absolute atomic E-state index is 14.1. The number of hydrogen-bond donors (Lipinski definition) is 1. The van der Waals surface area contributed by atoms with Crippen molar-refractivity contribution in [3.63, 3.8) is 0 Å². The van der Waals surface area contributed by atoms with Gasteiger partial charge in [0.2, 0.25) is 5.91 Å². The van der Waals surface area contributed by atoms with Gasteiger partial charge in [0.15, 0.2) is 0 Å². The molecule has 1 heterocycles. The summed E-state index contributed by atoms with van der Waals surface area (Å²) < 4.78 is 24.7. The van der Waals surface area contributed by atoms with E-state index in [0.717, 1.165) is 11.3 Å². The number of amides is 1. The Bertz CT molecular complexity index is 728. The second-order valence-electron chi connectivity index (χ2n) is 4.83. The first kappa shape index (κ1) is 17.4. The fourth-order valence-electron chi connectivity index (χ4n) is 2.24. The molecule has 5 nitrogen and oxygen atoms in total. The summed E-state index contributed by atoms with van der Waals surface area (Å²) in [4.78, 5) is 24.2. The van der Waals surface area contributed by atoms with Gasteiger partial charge in [0.25, 0.3) is 0 Å². The smallest absolute Gasteiger partial charge is 0.348 e. The van der Waals surface area contributed by atoms with Crippen molar-refractivity contribution in [3.8, 4) is 0 Å². The number of benzene rings is 1. The van der Waals surface area contributed by atoms with Gasteiger partial charge in [-0.2, -0.15) is 0 Å². The van der Waals surface area contributed by atoms with E-state index in [4.69, 9.17) is 9.47 Å². The van der Waals surface area contributed by atoms with Gasteiger partial charge in [0.1, 0.15) is 16.8 Å². The van der Waals surface area contributed by atoms with Crippen molar-refractivity contribution in [1.29, 1.82) is 0 Å². The Balaban J connectivity index is 2.34. The molecule has 0 radical (unpaired) electrons. The fourth-order valence-corrected chi connectivity index (χ4v) is 3.39. The number of rotatable bonds is 6. The number of nitrogens with one attached hydrogen (secondary N) is 1. The van der Waals surface area contributed by atoms with Crippen molar-refractivity contribution in [2.75, 3.05) is 13.7 Å². The van der Waals surface area contributed by atoms with Crippen LogP contribution >= 0.6 is 11.3 Å². The van der Waals surface area contributed by atoms with Gasteiger partial charge in [0, 0.05) is 28.8 Å². The number of thiophene rings is 1. The largest absolute Gasteiger partial charge is 0.465 e. The average Bonchev–Trinajstić information content (AvgIpc) is 2.92. The van der Waals surface area contributed by atoms with Gasteiger partial charge in [-0.25, -0.2) is 9.18 Å². The van der Waals surface area contributed by atoms with E-state index < -0.39 is 17.9 Å². The summed E-state index contributed by atoms with van der Waals surface area (Å²) in [7, 11) is 1.27. The van der Waals surface area contributed by atoms with Crippen molar-refractivity contribution < 1.29 is 23.5 Å². The lowest BCUT2D eigenvalue weighted by molar-refractivity contribution is -0.131. The zero-order chi connectivity index (χ0) is 17.0. The van der Waals surface area contributed by atoms with Gasteiger partial charge in [-0.05, 0) is 26.0 Å². The molecular weight excluding hydrogens is 321 g/mol. The van der Waals surface area contributed by atoms with E-state index in [2.05, 4.69) is 5.32 Å². The molecule has 0 bridgehead atoms. The fraction of sp³-hybridized carbons (Fsp3) is 0.375. The van der Waals surface area contributed by atoms with Crippen LogP contribution in [-0.4, -0.2) is 31.7 Å². The maximum Gasteiger partial charge on any atom is 0.348 e. The van der Waals surface area contributed by atoms with Gasteiger partial charge < -0.3 is 14.8 Å². The second kappa shape index (κ2) is 7.52. The molecule has 1 aromatic carbocycles. The van der Waals surface area contributed by atoms with Crippen LogP contribution in [0.2, 0.25) is 0 Å². The van der Waals surface area contributed by atoms with Crippen molar-refractivity contribution in [3.05, 3.63) is 34.5 Å². The number of carbonyl (C=O) groups excluding carboxylic acids is 2. The molecule has 0 saturated carbocycles. The number of fused-ring (bicyclic) bond motifs is 1. The molecule has 0 saturated heterocycles. The van der Waals surface area contributed by atoms with Crippen molar-refractivity contribution in [1.82, 2.24) is 5.32 Å². The van der Waals surface area contributed by atoms with E-state index >= 15 is 0 Å². The highest BCUT2D eigenvalue weighted by atomic mass is 32.1. The molecule has 1 amide bonds. The number of ether oxygens (including phenoxy) is 2. The summed E-state index contributed by atoms with van der Waals surface area (Å²) in [6, 6.07) is 4.63. The Kier molecular flexibility index (Phi) is 5.68. The second-order valence-corrected chi connectivity index (χ2v) is 5.88. The third kappa shape index (κ3) is 3.68. The van der Waals surface area contributed by atoms with E-state index in [1.165, 1.54) is 13.2 Å². The molecule has 2 rings (SSSR count). The zero-order valence-corrected chi connectivity index (χ0v) is 14.0. The molecule has 0 unspecified atom stereocenters. The van der Waals surface area contributed by atoms with E-state index in [1.807, 2.05) is 0 Å². The van der Waals surface area contributed by atoms with Gasteiger partial charge in [0.05, 0.1) is 7.11 Å². The van der Waals surface area contributed by atoms with E-state index in [9.17, 15) is 14.0 Å². The molecule has 124 valence electrons. The van der Waals surface area contributed by atoms with Crippen LogP contribution in [0.4, 0.5) is 4.39 Å². The van der Waals surface area contributed by atoms with E-state index in [0.29, 0.717) is 22.3 Å². The topological polar surface area (TPSA) is 64.6 Å². The Morgan fingerprint density at radius 2 is 2.13 bits per heavy atom. The van der Waals surface area contributed by atoms with Crippen molar-refractivity contribution in [2.24, 2.45) is 0 Å². The van der Waals surface area contributed by atoms with Crippen LogP contribution in [0, 0.1) is 5.82 Å². The highest BCUT2D eigenvalue weighted by molar-refractivity contribution is 7.21. The first-order valence-electron chi connectivity index (χ1n) is 7.17. The van der Waals surface area contributed by atoms with Crippen molar-refractivity contribution in [2.45, 2.75) is 26.5 Å². The summed E-state index contributed by atoms with van der Waals surface area (Å²) in [6.07, 6.45) is -0.615. The van der Waals surface area contributed by atoms with Crippen LogP contribution in [0.3, 0.4) is 0 Å². The van der Waals surface area contributed by atoms with Crippen LogP contribution in [0.1, 0.15) is 29.1 Å². The molecule has 0 aliphatic heterocycles. The molecule has 0 aliphatic rings. The predicted octanol–water partition coefficient (Wildman–Crippen LogP) is 2.87. The molecule has 2 aromatic rings. The standard InChI is InChI=1S/C16H18FNO4S/c1-4-22-9(2)15(19)18-8-10-13-11(17)6-5-7-12(13)23-14(10)16(20)21-3/h5-7,9H,4,8H2,1-3H3,(H,18,19)/t9-/m1/s1. The van der Waals surface area contributed by atoms with Crippen LogP contribution < -0.4 is 5.32 Å². The highest BCUT2D eigenvalue weighted by Gasteiger charge is 2.22. The summed E-state index contributed by atoms with van der Waals surface area (Å²) in [5.74, 6) is -1.30. The molecular formula is C16H18FNO4S. The number of methoxy groups -OCH3 is 1. The average molecular weight is 339 g/mol. The van der Waals surface area contributed by atoms with E-state index in [-0.39, 0.29) is 17.3 Å². The molecule has 1 N–H and O–H groups in total. The minimum atomic E-state index is -0.615. The lowest BCUT2D eigenvalue weighted by Gasteiger charge is -2.12. The van der Waals surface area contributed by atoms with Crippen LogP contribution in [0.15, 0.2) is 18.2 Å². The minimum absolute atomic E-state index is 0.0294. The van der Waals surface area contributed by atoms with Gasteiger partial charge in [-0.1, -0.05) is 6.07 Å². The lowest BCUT2D eigenvalue weighted by Crippen LogP contribution is -2.34. The van der Waals surface area contributed by atoms with Crippen LogP contribution in [0.25, 0.3) is 10.1 Å². The summed E-state index contributed by atoms with van der Waals surface area (Å²) in [5.41, 5.74) is 0.423. The van der Waals surface area contributed by atoms with Crippen LogP contribution in [0.5, 0.6) is 0 Å². The first-order chi connectivity index (χ1) is 11.0. The number of hydrogen-bond acceptors (Lipinski definition) is 5. The highest BCUT2D eigenvalue weighted by Crippen LogP contribution is 2.33. The Labute approximate surface area is 137 Å². The molecule has 1 aromatic heterocycles. The molecule has 0 aliphatic carbocycles. The lowest BCUT2D eigenvalue weighted by atomic mass is 10.1. The summed E-state index contributed by atoms with van der Waals surface area (Å²) in [5, 5.41) is 3.01. The van der Waals surface area contributed by atoms with E-state index in [1.54, 1.807) is 26.0 Å². The molecule has 0 fully saturated rings. The number of halogens is 1. The number of esters is 1. The normalized spacial score (nSPS) is 12.2.